The summed E-state index contributed by atoms with van der Waals surface area (Å²) in [6.45, 7) is 6.11. The van der Waals surface area contributed by atoms with Crippen LogP contribution in [0.2, 0.25) is 0 Å². The van der Waals surface area contributed by atoms with Gasteiger partial charge in [-0.1, -0.05) is 12.2 Å². The molecule has 0 aliphatic heterocycles. The quantitative estimate of drug-likeness (QED) is 0.759. The van der Waals surface area contributed by atoms with Crippen molar-refractivity contribution in [1.29, 1.82) is 0 Å². The molecule has 0 amide bonds. The van der Waals surface area contributed by atoms with Crippen LogP contribution in [0.5, 0.6) is 11.5 Å². The Bertz CT molecular complexity index is 437. The van der Waals surface area contributed by atoms with Crippen LogP contribution in [0.15, 0.2) is 6.08 Å². The van der Waals surface area contributed by atoms with Gasteiger partial charge in [0, 0.05) is 17.0 Å². The molecule has 0 spiro atoms. The van der Waals surface area contributed by atoms with Gasteiger partial charge in [-0.3, -0.25) is 0 Å². The molecule has 17 heavy (non-hydrogen) atoms. The molecule has 0 fully saturated rings. The van der Waals surface area contributed by atoms with E-state index < -0.39 is 0 Å². The minimum absolute atomic E-state index is 0.484. The van der Waals surface area contributed by atoms with E-state index in [-0.39, 0.29) is 0 Å². The summed E-state index contributed by atoms with van der Waals surface area (Å²) in [5.41, 5.74) is 4.33. The fourth-order valence-electron chi connectivity index (χ4n) is 2.05. The van der Waals surface area contributed by atoms with Crippen molar-refractivity contribution in [2.75, 3.05) is 20.1 Å². The molecule has 1 aromatic rings. The van der Waals surface area contributed by atoms with Gasteiger partial charge in [0.25, 0.3) is 0 Å². The topological polar surface area (TPSA) is 18.5 Å². The Morgan fingerprint density at radius 3 is 1.94 bits per heavy atom. The van der Waals surface area contributed by atoms with Crippen molar-refractivity contribution >= 4 is 17.7 Å². The van der Waals surface area contributed by atoms with Crippen LogP contribution in [0, 0.1) is 20.8 Å². The maximum Gasteiger partial charge on any atom is 0.129 e. The number of alkyl halides is 1. The molecule has 0 radical (unpaired) electrons. The Morgan fingerprint density at radius 2 is 1.47 bits per heavy atom. The molecule has 0 aliphatic rings. The van der Waals surface area contributed by atoms with Gasteiger partial charge >= 0.3 is 0 Å². The Kier molecular flexibility index (Phi) is 4.88. The van der Waals surface area contributed by atoms with Gasteiger partial charge in [0.15, 0.2) is 0 Å². The van der Waals surface area contributed by atoms with E-state index in [2.05, 4.69) is 0 Å². The van der Waals surface area contributed by atoms with E-state index in [1.165, 1.54) is 0 Å². The first-order valence-corrected chi connectivity index (χ1v) is 6.06. The highest BCUT2D eigenvalue weighted by Gasteiger charge is 2.16. The number of halogens is 1. The summed E-state index contributed by atoms with van der Waals surface area (Å²) in [7, 11) is 3.38. The molecule has 0 atom stereocenters. The molecule has 1 rings (SSSR count). The summed E-state index contributed by atoms with van der Waals surface area (Å²) in [6, 6.07) is 0. The number of allylic oxidation sites excluding steroid dienone is 1. The molecular formula is C14H19ClO2. The summed E-state index contributed by atoms with van der Waals surface area (Å²) < 4.78 is 10.9. The molecule has 0 saturated heterocycles. The highest BCUT2D eigenvalue weighted by atomic mass is 35.5. The molecular weight excluding hydrogens is 236 g/mol. The highest BCUT2D eigenvalue weighted by molar-refractivity contribution is 6.19. The van der Waals surface area contributed by atoms with Crippen LogP contribution in [0.3, 0.4) is 0 Å². The number of benzene rings is 1. The number of methoxy groups -OCH3 is 2. The third kappa shape index (κ3) is 2.58. The molecule has 0 bridgehead atoms. The van der Waals surface area contributed by atoms with Gasteiger partial charge in [0.1, 0.15) is 11.5 Å². The van der Waals surface area contributed by atoms with Crippen LogP contribution in [0.4, 0.5) is 0 Å². The van der Waals surface area contributed by atoms with E-state index in [1.807, 2.05) is 32.9 Å². The second kappa shape index (κ2) is 5.97. The molecule has 3 heteroatoms. The van der Waals surface area contributed by atoms with E-state index in [9.17, 15) is 0 Å². The first kappa shape index (κ1) is 13.9. The van der Waals surface area contributed by atoms with Crippen LogP contribution >= 0.6 is 11.6 Å². The third-order valence-electron chi connectivity index (χ3n) is 3.01. The average Bonchev–Trinajstić information content (AvgIpc) is 2.33. The average molecular weight is 255 g/mol. The molecule has 0 N–H and O–H groups in total. The summed E-state index contributed by atoms with van der Waals surface area (Å²) in [5, 5.41) is 0. The summed E-state index contributed by atoms with van der Waals surface area (Å²) >= 11 is 5.69. The lowest BCUT2D eigenvalue weighted by molar-refractivity contribution is 0.394. The van der Waals surface area contributed by atoms with E-state index in [1.54, 1.807) is 14.2 Å². The van der Waals surface area contributed by atoms with Crippen molar-refractivity contribution in [3.05, 3.63) is 28.3 Å². The van der Waals surface area contributed by atoms with Gasteiger partial charge in [0.2, 0.25) is 0 Å². The lowest BCUT2D eigenvalue weighted by Gasteiger charge is -2.18. The fraction of sp³-hybridized carbons (Fsp3) is 0.429. The zero-order valence-corrected chi connectivity index (χ0v) is 11.8. The van der Waals surface area contributed by atoms with E-state index in [0.29, 0.717) is 5.88 Å². The van der Waals surface area contributed by atoms with Gasteiger partial charge in [-0.25, -0.2) is 0 Å². The Labute approximate surface area is 108 Å². The molecule has 1 aromatic carbocycles. The fourth-order valence-corrected chi connectivity index (χ4v) is 2.14. The predicted octanol–water partition coefficient (Wildman–Crippen LogP) is 3.88. The van der Waals surface area contributed by atoms with Gasteiger partial charge in [0.05, 0.1) is 14.2 Å². The third-order valence-corrected chi connectivity index (χ3v) is 3.19. The molecule has 0 aromatic heterocycles. The smallest absolute Gasteiger partial charge is 0.129 e. The SMILES string of the molecule is COc1c(C)c(C)c(OC)c(/C=C/CCl)c1C. The monoisotopic (exact) mass is 254 g/mol. The Hall–Kier alpha value is -1.15. The second-order valence-electron chi connectivity index (χ2n) is 3.91. The maximum absolute atomic E-state index is 5.69. The van der Waals surface area contributed by atoms with Crippen molar-refractivity contribution in [3.63, 3.8) is 0 Å². The highest BCUT2D eigenvalue weighted by Crippen LogP contribution is 2.38. The zero-order chi connectivity index (χ0) is 13.0. The number of rotatable bonds is 4. The molecule has 94 valence electrons. The minimum atomic E-state index is 0.484. The summed E-state index contributed by atoms with van der Waals surface area (Å²) in [5.74, 6) is 2.29. The second-order valence-corrected chi connectivity index (χ2v) is 4.22. The van der Waals surface area contributed by atoms with Crippen molar-refractivity contribution in [2.45, 2.75) is 20.8 Å². The van der Waals surface area contributed by atoms with Gasteiger partial charge in [-0.2, -0.15) is 0 Å². The van der Waals surface area contributed by atoms with Crippen LogP contribution < -0.4 is 9.47 Å². The largest absolute Gasteiger partial charge is 0.496 e. The van der Waals surface area contributed by atoms with E-state index in [0.717, 1.165) is 33.8 Å². The maximum atomic E-state index is 5.69. The van der Waals surface area contributed by atoms with Crippen molar-refractivity contribution < 1.29 is 9.47 Å². The van der Waals surface area contributed by atoms with Crippen LogP contribution in [-0.2, 0) is 0 Å². The van der Waals surface area contributed by atoms with E-state index in [4.69, 9.17) is 21.1 Å². The van der Waals surface area contributed by atoms with E-state index >= 15 is 0 Å². The number of hydrogen-bond acceptors (Lipinski definition) is 2. The lowest BCUT2D eigenvalue weighted by Crippen LogP contribution is -2.01. The number of hydrogen-bond donors (Lipinski definition) is 0. The van der Waals surface area contributed by atoms with Crippen LogP contribution in [-0.4, -0.2) is 20.1 Å². The van der Waals surface area contributed by atoms with Crippen LogP contribution in [0.1, 0.15) is 22.3 Å². The first-order valence-electron chi connectivity index (χ1n) is 5.52. The minimum Gasteiger partial charge on any atom is -0.496 e. The molecule has 0 saturated carbocycles. The predicted molar refractivity (Wildman–Crippen MR) is 73.5 cm³/mol. The standard InChI is InChI=1S/C14H19ClO2/c1-9-10(2)14(17-5)12(7-6-8-15)11(3)13(9)16-4/h6-7H,8H2,1-5H3/b7-6+. The molecule has 0 heterocycles. The normalized spacial score (nSPS) is 10.9. The lowest BCUT2D eigenvalue weighted by atomic mass is 9.97. The summed E-state index contributed by atoms with van der Waals surface area (Å²) in [4.78, 5) is 0. The van der Waals surface area contributed by atoms with Crippen molar-refractivity contribution in [2.24, 2.45) is 0 Å². The van der Waals surface area contributed by atoms with Gasteiger partial charge in [-0.15, -0.1) is 11.6 Å². The Balaban J connectivity index is 3.54. The zero-order valence-electron chi connectivity index (χ0n) is 11.1. The summed E-state index contributed by atoms with van der Waals surface area (Å²) in [6.07, 6.45) is 3.89. The first-order chi connectivity index (χ1) is 8.08. The van der Waals surface area contributed by atoms with Gasteiger partial charge in [-0.05, 0) is 31.9 Å². The van der Waals surface area contributed by atoms with Crippen molar-refractivity contribution in [3.8, 4) is 11.5 Å². The van der Waals surface area contributed by atoms with Crippen LogP contribution in [0.25, 0.3) is 6.08 Å². The molecule has 0 unspecified atom stereocenters. The van der Waals surface area contributed by atoms with Gasteiger partial charge < -0.3 is 9.47 Å². The van der Waals surface area contributed by atoms with Crippen molar-refractivity contribution in [1.82, 2.24) is 0 Å². The Morgan fingerprint density at radius 1 is 0.941 bits per heavy atom. The molecule has 2 nitrogen and oxygen atoms in total. The molecule has 0 aliphatic carbocycles. The number of ether oxygens (including phenoxy) is 2.